The maximum Gasteiger partial charge on any atom is 0.191 e. The van der Waals surface area contributed by atoms with E-state index in [0.717, 1.165) is 51.7 Å². The Morgan fingerprint density at radius 3 is 2.80 bits per heavy atom. The molecule has 0 bridgehead atoms. The van der Waals surface area contributed by atoms with E-state index in [1.54, 1.807) is 0 Å². The van der Waals surface area contributed by atoms with Gasteiger partial charge in [-0.15, -0.1) is 24.0 Å². The summed E-state index contributed by atoms with van der Waals surface area (Å²) in [5.41, 5.74) is 2.60. The Labute approximate surface area is 169 Å². The Morgan fingerprint density at radius 1 is 1.28 bits per heavy atom. The zero-order valence-electron chi connectivity index (χ0n) is 15.8. The molecule has 1 fully saturated rings. The molecule has 0 aliphatic carbocycles. The van der Waals surface area contributed by atoms with Gasteiger partial charge in [-0.3, -0.25) is 4.90 Å². The molecule has 0 saturated carbocycles. The fourth-order valence-corrected chi connectivity index (χ4v) is 2.87. The van der Waals surface area contributed by atoms with E-state index in [2.05, 4.69) is 65.6 Å². The number of guanidine groups is 1. The summed E-state index contributed by atoms with van der Waals surface area (Å²) in [4.78, 5) is 7.14. The summed E-state index contributed by atoms with van der Waals surface area (Å²) in [6.07, 6.45) is 1.43. The fraction of sp³-hybridized carbons (Fsp3) is 0.632. The number of hydrogen-bond donors (Lipinski definition) is 2. The summed E-state index contributed by atoms with van der Waals surface area (Å²) in [6, 6.07) is 8.76. The molecule has 2 N–H and O–H groups in total. The number of morpholine rings is 1. The molecular formula is C19H33IN4O. The van der Waals surface area contributed by atoms with Gasteiger partial charge in [-0.25, -0.2) is 4.99 Å². The highest BCUT2D eigenvalue weighted by Crippen LogP contribution is 2.12. The number of nitrogens with zero attached hydrogens (tertiary/aromatic N) is 2. The molecule has 1 unspecified atom stereocenters. The van der Waals surface area contributed by atoms with E-state index >= 15 is 0 Å². The minimum Gasteiger partial charge on any atom is -0.376 e. The third-order valence-corrected chi connectivity index (χ3v) is 4.03. The van der Waals surface area contributed by atoms with Gasteiger partial charge in [0.1, 0.15) is 0 Å². The van der Waals surface area contributed by atoms with Gasteiger partial charge in [-0.05, 0) is 31.4 Å². The number of aliphatic imine (C=N–C) groups is 1. The number of hydrogen-bond acceptors (Lipinski definition) is 3. The number of ether oxygens (including phenoxy) is 1. The van der Waals surface area contributed by atoms with Crippen LogP contribution in [-0.2, 0) is 17.8 Å². The van der Waals surface area contributed by atoms with E-state index in [1.807, 2.05) is 0 Å². The first-order valence-electron chi connectivity index (χ1n) is 9.15. The van der Waals surface area contributed by atoms with Crippen molar-refractivity contribution in [1.82, 2.24) is 15.5 Å². The Kier molecular flexibility index (Phi) is 11.1. The van der Waals surface area contributed by atoms with Crippen molar-refractivity contribution < 1.29 is 4.74 Å². The molecule has 0 aromatic heterocycles. The first-order chi connectivity index (χ1) is 11.7. The van der Waals surface area contributed by atoms with Gasteiger partial charge in [-0.1, -0.05) is 31.2 Å². The molecule has 1 aromatic carbocycles. The SMILES string of the molecule is CCCNC(=NCc1cccc(CN2CCOC(C)C2)c1)NCC.I. The van der Waals surface area contributed by atoms with Crippen LogP contribution in [0, 0.1) is 0 Å². The van der Waals surface area contributed by atoms with Crippen LogP contribution in [0.15, 0.2) is 29.3 Å². The Hall–Kier alpha value is -0.860. The first kappa shape index (κ1) is 22.2. The Morgan fingerprint density at radius 2 is 2.08 bits per heavy atom. The van der Waals surface area contributed by atoms with Gasteiger partial charge >= 0.3 is 0 Å². The molecule has 0 amide bonds. The van der Waals surface area contributed by atoms with Crippen LogP contribution >= 0.6 is 24.0 Å². The van der Waals surface area contributed by atoms with E-state index in [4.69, 9.17) is 4.74 Å². The predicted molar refractivity (Wildman–Crippen MR) is 116 cm³/mol. The molecule has 5 nitrogen and oxygen atoms in total. The summed E-state index contributed by atoms with van der Waals surface area (Å²) in [6.45, 7) is 12.8. The van der Waals surface area contributed by atoms with E-state index in [-0.39, 0.29) is 24.0 Å². The summed E-state index contributed by atoms with van der Waals surface area (Å²) < 4.78 is 5.62. The molecule has 1 aliphatic heterocycles. The Balaban J connectivity index is 0.00000312. The lowest BCUT2D eigenvalue weighted by Crippen LogP contribution is -2.40. The second-order valence-electron chi connectivity index (χ2n) is 6.36. The highest BCUT2D eigenvalue weighted by atomic mass is 127. The van der Waals surface area contributed by atoms with Crippen molar-refractivity contribution >= 4 is 29.9 Å². The number of halogens is 1. The lowest BCUT2D eigenvalue weighted by molar-refractivity contribution is -0.0212. The first-order valence-corrected chi connectivity index (χ1v) is 9.15. The van der Waals surface area contributed by atoms with Gasteiger partial charge in [0.2, 0.25) is 0 Å². The average molecular weight is 460 g/mol. The maximum atomic E-state index is 5.62. The van der Waals surface area contributed by atoms with Crippen molar-refractivity contribution in [3.05, 3.63) is 35.4 Å². The van der Waals surface area contributed by atoms with Crippen LogP contribution in [0.4, 0.5) is 0 Å². The van der Waals surface area contributed by atoms with Gasteiger partial charge in [0.05, 0.1) is 19.3 Å². The van der Waals surface area contributed by atoms with Gasteiger partial charge in [0.25, 0.3) is 0 Å². The minimum atomic E-state index is 0. The van der Waals surface area contributed by atoms with Gasteiger partial charge in [0, 0.05) is 32.7 Å². The lowest BCUT2D eigenvalue weighted by Gasteiger charge is -2.31. The molecule has 0 radical (unpaired) electrons. The van der Waals surface area contributed by atoms with Crippen LogP contribution in [0.25, 0.3) is 0 Å². The molecule has 1 saturated heterocycles. The molecule has 2 rings (SSSR count). The normalized spacial score (nSPS) is 18.5. The van der Waals surface area contributed by atoms with Crippen LogP contribution in [0.2, 0.25) is 0 Å². The fourth-order valence-electron chi connectivity index (χ4n) is 2.87. The van der Waals surface area contributed by atoms with Gasteiger partial charge < -0.3 is 15.4 Å². The third-order valence-electron chi connectivity index (χ3n) is 4.03. The highest BCUT2D eigenvalue weighted by Gasteiger charge is 2.16. The molecule has 25 heavy (non-hydrogen) atoms. The zero-order valence-corrected chi connectivity index (χ0v) is 18.1. The standard InChI is InChI=1S/C19H32N4O.HI/c1-4-9-21-19(20-5-2)22-13-17-7-6-8-18(12-17)15-23-10-11-24-16(3)14-23;/h6-8,12,16H,4-5,9-11,13-15H2,1-3H3,(H2,20,21,22);1H. The van der Waals surface area contributed by atoms with Crippen LogP contribution in [-0.4, -0.2) is 49.7 Å². The van der Waals surface area contributed by atoms with Gasteiger partial charge in [-0.2, -0.15) is 0 Å². The monoisotopic (exact) mass is 460 g/mol. The molecule has 142 valence electrons. The van der Waals surface area contributed by atoms with E-state index < -0.39 is 0 Å². The van der Waals surface area contributed by atoms with E-state index in [1.165, 1.54) is 11.1 Å². The summed E-state index contributed by atoms with van der Waals surface area (Å²) in [5.74, 6) is 0.895. The molecule has 1 aliphatic rings. The third kappa shape index (κ3) is 8.37. The molecular weight excluding hydrogens is 427 g/mol. The van der Waals surface area contributed by atoms with Crippen molar-refractivity contribution in [2.75, 3.05) is 32.8 Å². The number of benzene rings is 1. The second kappa shape index (κ2) is 12.5. The topological polar surface area (TPSA) is 48.9 Å². The van der Waals surface area contributed by atoms with Crippen LogP contribution < -0.4 is 10.6 Å². The van der Waals surface area contributed by atoms with Crippen molar-refractivity contribution in [2.24, 2.45) is 4.99 Å². The predicted octanol–water partition coefficient (Wildman–Crippen LogP) is 2.99. The van der Waals surface area contributed by atoms with Crippen LogP contribution in [0.3, 0.4) is 0 Å². The smallest absolute Gasteiger partial charge is 0.191 e. The highest BCUT2D eigenvalue weighted by molar-refractivity contribution is 14.0. The average Bonchev–Trinajstić information content (AvgIpc) is 2.58. The largest absolute Gasteiger partial charge is 0.376 e. The maximum absolute atomic E-state index is 5.62. The second-order valence-corrected chi connectivity index (χ2v) is 6.36. The van der Waals surface area contributed by atoms with Crippen molar-refractivity contribution in [2.45, 2.75) is 46.4 Å². The molecule has 1 atom stereocenters. The molecule has 1 heterocycles. The van der Waals surface area contributed by atoms with E-state index in [9.17, 15) is 0 Å². The summed E-state index contributed by atoms with van der Waals surface area (Å²) >= 11 is 0. The Bertz CT molecular complexity index is 524. The van der Waals surface area contributed by atoms with Crippen molar-refractivity contribution in [3.8, 4) is 0 Å². The van der Waals surface area contributed by atoms with Crippen molar-refractivity contribution in [3.63, 3.8) is 0 Å². The van der Waals surface area contributed by atoms with Crippen LogP contribution in [0.5, 0.6) is 0 Å². The molecule has 6 heteroatoms. The molecule has 0 spiro atoms. The number of rotatable bonds is 7. The number of nitrogens with one attached hydrogen (secondary N) is 2. The van der Waals surface area contributed by atoms with E-state index in [0.29, 0.717) is 12.6 Å². The van der Waals surface area contributed by atoms with Gasteiger partial charge in [0.15, 0.2) is 5.96 Å². The summed E-state index contributed by atoms with van der Waals surface area (Å²) in [5, 5.41) is 6.63. The lowest BCUT2D eigenvalue weighted by atomic mass is 10.1. The van der Waals surface area contributed by atoms with Crippen LogP contribution in [0.1, 0.15) is 38.3 Å². The molecule has 1 aromatic rings. The quantitative estimate of drug-likeness (QED) is 0.373. The minimum absolute atomic E-state index is 0. The summed E-state index contributed by atoms with van der Waals surface area (Å²) in [7, 11) is 0. The van der Waals surface area contributed by atoms with Crippen molar-refractivity contribution in [1.29, 1.82) is 0 Å². The zero-order chi connectivity index (χ0) is 17.2.